The lowest BCUT2D eigenvalue weighted by molar-refractivity contribution is -0.333. The molecule has 0 aliphatic carbocycles. The number of phosphoric ester groups is 1. The van der Waals surface area contributed by atoms with E-state index in [0.717, 1.165) is 0 Å². The van der Waals surface area contributed by atoms with Crippen LogP contribution in [-0.4, -0.2) is 5.97 Å². The van der Waals surface area contributed by atoms with Crippen molar-refractivity contribution in [3.05, 3.63) is 29.8 Å². The Bertz CT molecular complexity index is 392. The van der Waals surface area contributed by atoms with Crippen molar-refractivity contribution in [2.45, 2.75) is 6.42 Å². The summed E-state index contributed by atoms with van der Waals surface area (Å²) < 4.78 is 14.3. The van der Waals surface area contributed by atoms with Crippen LogP contribution in [0.25, 0.3) is 0 Å². The van der Waals surface area contributed by atoms with Gasteiger partial charge in [0.15, 0.2) is 0 Å². The first-order chi connectivity index (χ1) is 6.87. The molecule has 6 nitrogen and oxygen atoms in total. The minimum absolute atomic E-state index is 0.148. The van der Waals surface area contributed by atoms with Crippen molar-refractivity contribution < 1.29 is 28.8 Å². The number of hydrogen-bond acceptors (Lipinski definition) is 6. The van der Waals surface area contributed by atoms with Crippen LogP contribution in [0.3, 0.4) is 0 Å². The van der Waals surface area contributed by atoms with Crippen LogP contribution >= 0.6 is 7.82 Å². The fourth-order valence-electron chi connectivity index (χ4n) is 0.964. The summed E-state index contributed by atoms with van der Waals surface area (Å²) in [6.07, 6.45) is -0.285. The van der Waals surface area contributed by atoms with Crippen LogP contribution in [0, 0.1) is 0 Å². The topological polar surface area (TPSA) is 113 Å². The second-order valence-corrected chi connectivity index (χ2v) is 3.81. The summed E-state index contributed by atoms with van der Waals surface area (Å²) in [5, 5.41) is 10.2. The van der Waals surface area contributed by atoms with Gasteiger partial charge in [-0.3, -0.25) is 0 Å². The van der Waals surface area contributed by atoms with Crippen molar-refractivity contribution in [1.82, 2.24) is 0 Å². The quantitative estimate of drug-likeness (QED) is 0.562. The predicted octanol–water partition coefficient (Wildman–Crippen LogP) is -1.81. The van der Waals surface area contributed by atoms with Gasteiger partial charge in [-0.15, -0.1) is 0 Å². The van der Waals surface area contributed by atoms with Crippen molar-refractivity contribution in [1.29, 1.82) is 0 Å². The number of benzene rings is 1. The van der Waals surface area contributed by atoms with Crippen LogP contribution in [0.5, 0.6) is 5.75 Å². The maximum Gasteiger partial charge on any atom is 0.124 e. The van der Waals surface area contributed by atoms with Crippen molar-refractivity contribution in [2.24, 2.45) is 0 Å². The first-order valence-electron chi connectivity index (χ1n) is 3.87. The minimum atomic E-state index is -5.06. The van der Waals surface area contributed by atoms with Gasteiger partial charge in [-0.2, -0.15) is 0 Å². The number of aliphatic carboxylic acids is 1. The molecule has 0 aliphatic rings. The molecular weight excluding hydrogens is 223 g/mol. The van der Waals surface area contributed by atoms with Crippen LogP contribution in [0.15, 0.2) is 24.3 Å². The second-order valence-electron chi connectivity index (χ2n) is 2.73. The van der Waals surface area contributed by atoms with Crippen LogP contribution in [0.2, 0.25) is 0 Å². The smallest absolute Gasteiger partial charge is 0.124 e. The highest BCUT2D eigenvalue weighted by Crippen LogP contribution is 2.28. The average Bonchev–Trinajstić information content (AvgIpc) is 2.05. The van der Waals surface area contributed by atoms with Crippen molar-refractivity contribution in [2.75, 3.05) is 0 Å². The zero-order chi connectivity index (χ0) is 11.5. The molecular formula is C8H6O6P-3. The van der Waals surface area contributed by atoms with Crippen molar-refractivity contribution in [3.8, 4) is 5.75 Å². The minimum Gasteiger partial charge on any atom is -0.780 e. The number of carbonyl (C=O) groups is 1. The molecule has 0 amide bonds. The molecule has 15 heavy (non-hydrogen) atoms. The highest BCUT2D eigenvalue weighted by atomic mass is 31.2. The standard InChI is InChI=1S/C8H9O6P/c9-8(10)5-6-1-3-7(4-2-6)14-15(11,12)13/h1-4H,5H2,(H,9,10)(H2,11,12,13)/p-3. The van der Waals surface area contributed by atoms with Gasteiger partial charge in [0, 0.05) is 12.4 Å². The summed E-state index contributed by atoms with van der Waals surface area (Å²) in [6, 6.07) is 5.06. The zero-order valence-corrected chi connectivity index (χ0v) is 8.31. The third-order valence-corrected chi connectivity index (χ3v) is 1.92. The van der Waals surface area contributed by atoms with Gasteiger partial charge in [-0.05, 0) is 17.7 Å². The Labute approximate surface area is 85.4 Å². The van der Waals surface area contributed by atoms with Gasteiger partial charge in [-0.25, -0.2) is 0 Å². The summed E-state index contributed by atoms with van der Waals surface area (Å²) in [4.78, 5) is 30.6. The molecule has 0 atom stereocenters. The van der Waals surface area contributed by atoms with Gasteiger partial charge < -0.3 is 28.8 Å². The highest BCUT2D eigenvalue weighted by Gasteiger charge is 1.97. The largest absolute Gasteiger partial charge is 0.780 e. The third kappa shape index (κ3) is 4.60. The lowest BCUT2D eigenvalue weighted by Crippen LogP contribution is -2.24. The summed E-state index contributed by atoms with van der Waals surface area (Å²) in [6.45, 7) is 0. The van der Waals surface area contributed by atoms with Gasteiger partial charge >= 0.3 is 0 Å². The molecule has 82 valence electrons. The second kappa shape index (κ2) is 4.44. The molecule has 1 aromatic rings. The summed E-state index contributed by atoms with van der Waals surface area (Å²) in [5.74, 6) is -1.40. The van der Waals surface area contributed by atoms with Gasteiger partial charge in [0.05, 0.1) is 0 Å². The van der Waals surface area contributed by atoms with E-state index in [0.29, 0.717) is 5.56 Å². The van der Waals surface area contributed by atoms with E-state index in [9.17, 15) is 24.3 Å². The molecule has 0 N–H and O–H groups in total. The maximum absolute atomic E-state index is 10.2. The Morgan fingerprint density at radius 2 is 1.80 bits per heavy atom. The van der Waals surface area contributed by atoms with E-state index >= 15 is 0 Å². The average molecular weight is 229 g/mol. The van der Waals surface area contributed by atoms with E-state index in [2.05, 4.69) is 4.52 Å². The van der Waals surface area contributed by atoms with Crippen molar-refractivity contribution >= 4 is 13.8 Å². The fourth-order valence-corrected chi connectivity index (χ4v) is 1.34. The highest BCUT2D eigenvalue weighted by molar-refractivity contribution is 7.43. The number of carbonyl (C=O) groups excluding carboxylic acids is 1. The predicted molar refractivity (Wildman–Crippen MR) is 43.4 cm³/mol. The zero-order valence-electron chi connectivity index (χ0n) is 7.41. The molecule has 0 bridgehead atoms. The first-order valence-corrected chi connectivity index (χ1v) is 5.33. The summed E-state index contributed by atoms with van der Waals surface area (Å²) >= 11 is 0. The number of carboxylic acid groups (broad SMARTS) is 1. The summed E-state index contributed by atoms with van der Waals surface area (Å²) in [7, 11) is -5.06. The Kier molecular flexibility index (Phi) is 3.47. The van der Waals surface area contributed by atoms with Gasteiger partial charge in [0.2, 0.25) is 0 Å². The third-order valence-electron chi connectivity index (χ3n) is 1.49. The SMILES string of the molecule is O=C([O-])Cc1ccc(OP(=O)([O-])[O-])cc1. The monoisotopic (exact) mass is 229 g/mol. The van der Waals surface area contributed by atoms with E-state index in [4.69, 9.17) is 0 Å². The van der Waals surface area contributed by atoms with Gasteiger partial charge in [-0.1, -0.05) is 12.1 Å². The van der Waals surface area contributed by atoms with Gasteiger partial charge in [0.25, 0.3) is 0 Å². The van der Waals surface area contributed by atoms with E-state index in [1.165, 1.54) is 24.3 Å². The molecule has 0 aliphatic heterocycles. The Morgan fingerprint density at radius 1 is 1.27 bits per heavy atom. The van der Waals surface area contributed by atoms with Crippen LogP contribution in [-0.2, 0) is 15.8 Å². The van der Waals surface area contributed by atoms with Gasteiger partial charge in [0.1, 0.15) is 13.6 Å². The Morgan fingerprint density at radius 3 is 2.20 bits per heavy atom. The molecule has 0 fully saturated rings. The number of phosphoric acid groups is 1. The Hall–Kier alpha value is -1.36. The van der Waals surface area contributed by atoms with Crippen LogP contribution < -0.4 is 19.4 Å². The molecule has 0 aromatic heterocycles. The number of rotatable bonds is 4. The molecule has 7 heteroatoms. The number of hydrogen-bond donors (Lipinski definition) is 0. The van der Waals surface area contributed by atoms with Crippen molar-refractivity contribution in [3.63, 3.8) is 0 Å². The van der Waals surface area contributed by atoms with Crippen LogP contribution in [0.4, 0.5) is 0 Å². The molecule has 0 heterocycles. The molecule has 0 unspecified atom stereocenters. The molecule has 1 aromatic carbocycles. The molecule has 0 saturated carbocycles. The van der Waals surface area contributed by atoms with E-state index < -0.39 is 13.8 Å². The summed E-state index contributed by atoms with van der Waals surface area (Å²) in [5.41, 5.74) is 0.425. The number of carboxylic acids is 1. The van der Waals surface area contributed by atoms with E-state index in [1.807, 2.05) is 0 Å². The fraction of sp³-hybridized carbons (Fsp3) is 0.125. The molecule has 0 spiro atoms. The molecule has 0 radical (unpaired) electrons. The van der Waals surface area contributed by atoms with E-state index in [1.54, 1.807) is 0 Å². The first kappa shape index (κ1) is 11.7. The lowest BCUT2D eigenvalue weighted by Gasteiger charge is -2.28. The lowest BCUT2D eigenvalue weighted by atomic mass is 10.1. The maximum atomic E-state index is 10.2. The van der Waals surface area contributed by atoms with E-state index in [-0.39, 0.29) is 12.2 Å². The Balaban J connectivity index is 2.72. The molecule has 0 saturated heterocycles. The molecule has 1 rings (SSSR count). The normalized spacial score (nSPS) is 11.1. The van der Waals surface area contributed by atoms with Crippen LogP contribution in [0.1, 0.15) is 5.56 Å².